The summed E-state index contributed by atoms with van der Waals surface area (Å²) in [6.07, 6.45) is 0. The first-order chi connectivity index (χ1) is 9.81. The van der Waals surface area contributed by atoms with E-state index >= 15 is 0 Å². The number of benzene rings is 2. The Balaban J connectivity index is 2.74. The second-order valence-electron chi connectivity index (χ2n) is 4.42. The van der Waals surface area contributed by atoms with Crippen molar-refractivity contribution in [2.24, 2.45) is 5.73 Å². The van der Waals surface area contributed by atoms with Gasteiger partial charge in [-0.3, -0.25) is 14.9 Å². The average molecular weight is 309 g/mol. The number of hydrogen-bond acceptors (Lipinski definition) is 3. The van der Waals surface area contributed by atoms with E-state index in [0.29, 0.717) is 16.7 Å². The molecule has 0 saturated heterocycles. The molecule has 0 aromatic heterocycles. The normalized spacial score (nSPS) is 10.4. The topological polar surface area (TPSA) is 86.2 Å². The van der Waals surface area contributed by atoms with Gasteiger partial charge in [0.2, 0.25) is 5.91 Å². The van der Waals surface area contributed by atoms with Gasteiger partial charge in [-0.25, -0.2) is 4.39 Å². The number of nitrogens with zero attached hydrogens (tertiary/aromatic N) is 1. The molecule has 2 rings (SSSR count). The number of rotatable bonds is 3. The highest BCUT2D eigenvalue weighted by Gasteiger charge is 2.18. The third-order valence-corrected chi connectivity index (χ3v) is 3.41. The largest absolute Gasteiger partial charge is 0.366 e. The van der Waals surface area contributed by atoms with Crippen LogP contribution in [0.5, 0.6) is 0 Å². The van der Waals surface area contributed by atoms with Crippen LogP contribution in [0.15, 0.2) is 30.3 Å². The van der Waals surface area contributed by atoms with E-state index in [1.165, 1.54) is 18.2 Å². The lowest BCUT2D eigenvalue weighted by atomic mass is 9.95. The molecule has 7 heteroatoms. The van der Waals surface area contributed by atoms with E-state index < -0.39 is 16.6 Å². The molecule has 0 fully saturated rings. The Morgan fingerprint density at radius 2 is 2.00 bits per heavy atom. The molecule has 2 N–H and O–H groups in total. The Hall–Kier alpha value is -2.47. The van der Waals surface area contributed by atoms with Gasteiger partial charge in [0.25, 0.3) is 5.69 Å². The fourth-order valence-electron chi connectivity index (χ4n) is 2.02. The van der Waals surface area contributed by atoms with Crippen molar-refractivity contribution in [1.82, 2.24) is 0 Å². The maximum absolute atomic E-state index is 13.6. The van der Waals surface area contributed by atoms with Gasteiger partial charge in [0.05, 0.1) is 9.95 Å². The number of halogens is 2. The van der Waals surface area contributed by atoms with Gasteiger partial charge < -0.3 is 5.73 Å². The molecule has 0 unspecified atom stereocenters. The second-order valence-corrected chi connectivity index (χ2v) is 4.82. The maximum atomic E-state index is 13.6. The van der Waals surface area contributed by atoms with Crippen LogP contribution in [0, 0.1) is 22.9 Å². The van der Waals surface area contributed by atoms with Gasteiger partial charge in [-0.1, -0.05) is 17.7 Å². The van der Waals surface area contributed by atoms with Gasteiger partial charge in [-0.05, 0) is 35.7 Å². The summed E-state index contributed by atoms with van der Waals surface area (Å²) in [5.74, 6) is -1.44. The number of hydrogen-bond donors (Lipinski definition) is 1. The fraction of sp³-hybridized carbons (Fsp3) is 0.0714. The van der Waals surface area contributed by atoms with Crippen LogP contribution in [0.25, 0.3) is 11.1 Å². The molecule has 2 aromatic rings. The van der Waals surface area contributed by atoms with Crippen LogP contribution in [-0.2, 0) is 0 Å². The fourth-order valence-corrected chi connectivity index (χ4v) is 2.14. The zero-order valence-electron chi connectivity index (χ0n) is 10.9. The minimum Gasteiger partial charge on any atom is -0.366 e. The van der Waals surface area contributed by atoms with Gasteiger partial charge in [-0.2, -0.15) is 0 Å². The summed E-state index contributed by atoms with van der Waals surface area (Å²) >= 11 is 5.61. The molecule has 0 spiro atoms. The predicted octanol–water partition coefficient (Wildman–Crippen LogP) is 3.46. The Labute approximate surface area is 124 Å². The minimum absolute atomic E-state index is 0.0227. The first-order valence-electron chi connectivity index (χ1n) is 5.85. The molecule has 0 radical (unpaired) electrons. The summed E-state index contributed by atoms with van der Waals surface area (Å²) in [6, 6.07) is 6.38. The standard InChI is InChI=1S/C14H10ClFN2O3/c1-7-10(8-2-3-12(15)13(16)4-8)5-9(18(20)21)6-11(7)14(17)19/h2-6H,1H3,(H2,17,19). The minimum atomic E-state index is -0.785. The molecule has 108 valence electrons. The van der Waals surface area contributed by atoms with E-state index in [2.05, 4.69) is 0 Å². The van der Waals surface area contributed by atoms with Crippen LogP contribution >= 0.6 is 11.6 Å². The zero-order valence-corrected chi connectivity index (χ0v) is 11.6. The average Bonchev–Trinajstić information content (AvgIpc) is 2.41. The highest BCUT2D eigenvalue weighted by Crippen LogP contribution is 2.32. The summed E-state index contributed by atoms with van der Waals surface area (Å²) < 4.78 is 13.6. The van der Waals surface area contributed by atoms with Gasteiger partial charge in [0, 0.05) is 17.7 Å². The summed E-state index contributed by atoms with van der Waals surface area (Å²) in [4.78, 5) is 21.7. The van der Waals surface area contributed by atoms with Gasteiger partial charge in [0.1, 0.15) is 5.82 Å². The Morgan fingerprint density at radius 1 is 1.33 bits per heavy atom. The molecule has 21 heavy (non-hydrogen) atoms. The number of nitrogens with two attached hydrogens (primary N) is 1. The quantitative estimate of drug-likeness (QED) is 0.696. The molecule has 0 saturated carbocycles. The molecule has 2 aromatic carbocycles. The number of primary amides is 1. The highest BCUT2D eigenvalue weighted by atomic mass is 35.5. The van der Waals surface area contributed by atoms with Gasteiger partial charge in [-0.15, -0.1) is 0 Å². The molecule has 0 atom stereocenters. The number of non-ortho nitro benzene ring substituents is 1. The third-order valence-electron chi connectivity index (χ3n) is 3.10. The Kier molecular flexibility index (Phi) is 3.90. The van der Waals surface area contributed by atoms with E-state index in [1.54, 1.807) is 6.92 Å². The number of carbonyl (C=O) groups is 1. The van der Waals surface area contributed by atoms with Gasteiger partial charge in [0.15, 0.2) is 0 Å². The van der Waals surface area contributed by atoms with Crippen molar-refractivity contribution in [2.75, 3.05) is 0 Å². The Bertz CT molecular complexity index is 762. The van der Waals surface area contributed by atoms with E-state index in [1.807, 2.05) is 0 Å². The number of amides is 1. The molecular weight excluding hydrogens is 299 g/mol. The summed E-state index contributed by atoms with van der Waals surface area (Å²) in [6.45, 7) is 1.59. The SMILES string of the molecule is Cc1c(C(N)=O)cc([N+](=O)[O-])cc1-c1ccc(Cl)c(F)c1. The van der Waals surface area contributed by atoms with Crippen molar-refractivity contribution in [1.29, 1.82) is 0 Å². The summed E-state index contributed by atoms with van der Waals surface area (Å²) in [5, 5.41) is 10.9. The van der Waals surface area contributed by atoms with E-state index in [4.69, 9.17) is 17.3 Å². The third kappa shape index (κ3) is 2.85. The molecule has 5 nitrogen and oxygen atoms in total. The van der Waals surface area contributed by atoms with Crippen LogP contribution in [0.2, 0.25) is 5.02 Å². The first-order valence-corrected chi connectivity index (χ1v) is 6.23. The van der Waals surface area contributed by atoms with Crippen molar-refractivity contribution < 1.29 is 14.1 Å². The van der Waals surface area contributed by atoms with Crippen molar-refractivity contribution in [3.8, 4) is 11.1 Å². The Morgan fingerprint density at radius 3 is 2.52 bits per heavy atom. The van der Waals surface area contributed by atoms with Crippen molar-refractivity contribution in [3.05, 3.63) is 62.4 Å². The number of nitro benzene ring substituents is 1. The summed E-state index contributed by atoms with van der Waals surface area (Å²) in [5.41, 5.74) is 6.13. The molecule has 0 bridgehead atoms. The molecule has 0 heterocycles. The van der Waals surface area contributed by atoms with Crippen LogP contribution in [0.3, 0.4) is 0 Å². The lowest BCUT2D eigenvalue weighted by Gasteiger charge is -2.10. The number of nitro groups is 1. The zero-order chi connectivity index (χ0) is 15.7. The number of carbonyl (C=O) groups excluding carboxylic acids is 1. The summed E-state index contributed by atoms with van der Waals surface area (Å²) in [7, 11) is 0. The molecule has 0 aliphatic carbocycles. The van der Waals surface area contributed by atoms with Crippen LogP contribution in [0.1, 0.15) is 15.9 Å². The van der Waals surface area contributed by atoms with Crippen LogP contribution < -0.4 is 5.73 Å². The van der Waals surface area contributed by atoms with Crippen molar-refractivity contribution >= 4 is 23.2 Å². The predicted molar refractivity (Wildman–Crippen MR) is 76.8 cm³/mol. The van der Waals surface area contributed by atoms with Crippen molar-refractivity contribution in [3.63, 3.8) is 0 Å². The monoisotopic (exact) mass is 308 g/mol. The van der Waals surface area contributed by atoms with E-state index in [9.17, 15) is 19.3 Å². The lowest BCUT2D eigenvalue weighted by Crippen LogP contribution is -2.13. The van der Waals surface area contributed by atoms with Crippen LogP contribution in [-0.4, -0.2) is 10.8 Å². The molecule has 1 amide bonds. The highest BCUT2D eigenvalue weighted by molar-refractivity contribution is 6.30. The maximum Gasteiger partial charge on any atom is 0.270 e. The van der Waals surface area contributed by atoms with Crippen LogP contribution in [0.4, 0.5) is 10.1 Å². The molecule has 0 aliphatic heterocycles. The molecule has 0 aliphatic rings. The lowest BCUT2D eigenvalue weighted by molar-refractivity contribution is -0.384. The molecular formula is C14H10ClFN2O3. The second kappa shape index (κ2) is 5.49. The van der Waals surface area contributed by atoms with E-state index in [0.717, 1.165) is 12.1 Å². The van der Waals surface area contributed by atoms with Crippen molar-refractivity contribution in [2.45, 2.75) is 6.92 Å². The van der Waals surface area contributed by atoms with Gasteiger partial charge >= 0.3 is 0 Å². The smallest absolute Gasteiger partial charge is 0.270 e. The van der Waals surface area contributed by atoms with E-state index in [-0.39, 0.29) is 16.3 Å². The first kappa shape index (κ1) is 14.9.